The number of aryl methyl sites for hydroxylation is 2. The minimum Gasteiger partial charge on any atom is -0.304 e. The summed E-state index contributed by atoms with van der Waals surface area (Å²) in [5.74, 6) is 0. The molecule has 0 amide bonds. The fourth-order valence-electron chi connectivity index (χ4n) is 3.28. The van der Waals surface area contributed by atoms with E-state index in [9.17, 15) is 0 Å². The van der Waals surface area contributed by atoms with Crippen LogP contribution in [0.15, 0.2) is 60.8 Å². The summed E-state index contributed by atoms with van der Waals surface area (Å²) >= 11 is 0. The second kappa shape index (κ2) is 6.23. The third-order valence-electron chi connectivity index (χ3n) is 4.27. The molecular formula is C21H16IrN-. The van der Waals surface area contributed by atoms with E-state index in [0.717, 1.165) is 10.9 Å². The van der Waals surface area contributed by atoms with Gasteiger partial charge in [0.15, 0.2) is 0 Å². The maximum absolute atomic E-state index is 4.62. The molecule has 0 saturated heterocycles. The molecule has 0 atom stereocenters. The van der Waals surface area contributed by atoms with E-state index in [1.54, 1.807) is 0 Å². The van der Waals surface area contributed by atoms with Crippen LogP contribution in [0.5, 0.6) is 0 Å². The fraction of sp³-hybridized carbons (Fsp3) is 0.0952. The summed E-state index contributed by atoms with van der Waals surface area (Å²) in [6.45, 7) is 4.34. The molecule has 3 aromatic carbocycles. The quantitative estimate of drug-likeness (QED) is 0.263. The number of nitrogens with zero attached hydrogens (tertiary/aromatic N) is 1. The minimum absolute atomic E-state index is 0. The Morgan fingerprint density at radius 2 is 1.70 bits per heavy atom. The summed E-state index contributed by atoms with van der Waals surface area (Å²) in [5, 5.41) is 3.47. The monoisotopic (exact) mass is 475 g/mol. The van der Waals surface area contributed by atoms with E-state index in [-0.39, 0.29) is 20.1 Å². The van der Waals surface area contributed by atoms with Crippen LogP contribution in [0.25, 0.3) is 32.8 Å². The summed E-state index contributed by atoms with van der Waals surface area (Å²) in [5.41, 5.74) is 6.18. The maximum atomic E-state index is 4.62. The maximum Gasteiger partial charge on any atom is 0.0161 e. The van der Waals surface area contributed by atoms with E-state index in [0.29, 0.717) is 0 Å². The third kappa shape index (κ3) is 2.59. The van der Waals surface area contributed by atoms with E-state index in [4.69, 9.17) is 0 Å². The van der Waals surface area contributed by atoms with Crippen molar-refractivity contribution < 1.29 is 20.1 Å². The molecule has 0 saturated carbocycles. The molecule has 0 bridgehead atoms. The molecule has 1 aromatic heterocycles. The molecule has 0 aliphatic heterocycles. The zero-order chi connectivity index (χ0) is 15.1. The molecule has 1 nitrogen and oxygen atoms in total. The SMILES string of the molecule is Cc1cccc(C)c1-c1cc2ccc[c-]c2c2ncccc12.[Ir]. The van der Waals surface area contributed by atoms with Crippen LogP contribution < -0.4 is 0 Å². The van der Waals surface area contributed by atoms with E-state index in [1.807, 2.05) is 24.4 Å². The Bertz CT molecular complexity index is 985. The van der Waals surface area contributed by atoms with Crippen LogP contribution >= 0.6 is 0 Å². The summed E-state index contributed by atoms with van der Waals surface area (Å²) in [6, 6.07) is 22.4. The first-order chi connectivity index (χ1) is 10.8. The van der Waals surface area contributed by atoms with Crippen LogP contribution in [0.2, 0.25) is 0 Å². The van der Waals surface area contributed by atoms with E-state index >= 15 is 0 Å². The number of rotatable bonds is 1. The molecule has 1 heterocycles. The number of fused-ring (bicyclic) bond motifs is 3. The normalized spacial score (nSPS) is 10.7. The first-order valence-electron chi connectivity index (χ1n) is 7.50. The van der Waals surface area contributed by atoms with Crippen LogP contribution in [0.4, 0.5) is 0 Å². The topological polar surface area (TPSA) is 12.9 Å². The summed E-state index contributed by atoms with van der Waals surface area (Å²) < 4.78 is 0. The molecule has 2 heteroatoms. The van der Waals surface area contributed by atoms with Gasteiger partial charge in [0.1, 0.15) is 0 Å². The molecule has 4 rings (SSSR count). The Labute approximate surface area is 149 Å². The zero-order valence-corrected chi connectivity index (χ0v) is 15.4. The minimum atomic E-state index is 0. The Hall–Kier alpha value is -2.02. The Morgan fingerprint density at radius 1 is 0.913 bits per heavy atom. The molecule has 115 valence electrons. The van der Waals surface area contributed by atoms with Crippen molar-refractivity contribution in [2.75, 3.05) is 0 Å². The molecule has 4 aromatic rings. The number of benzene rings is 3. The summed E-state index contributed by atoms with van der Waals surface area (Å²) in [7, 11) is 0. The van der Waals surface area contributed by atoms with Crippen LogP contribution in [-0.2, 0) is 20.1 Å². The largest absolute Gasteiger partial charge is 0.304 e. The van der Waals surface area contributed by atoms with Crippen LogP contribution in [0.1, 0.15) is 11.1 Å². The average molecular weight is 475 g/mol. The van der Waals surface area contributed by atoms with Gasteiger partial charge in [0, 0.05) is 26.3 Å². The van der Waals surface area contributed by atoms with E-state index < -0.39 is 0 Å². The summed E-state index contributed by atoms with van der Waals surface area (Å²) in [4.78, 5) is 4.62. The van der Waals surface area contributed by atoms with Crippen molar-refractivity contribution in [2.24, 2.45) is 0 Å². The average Bonchev–Trinajstić information content (AvgIpc) is 2.55. The van der Waals surface area contributed by atoms with Crippen molar-refractivity contribution in [3.63, 3.8) is 0 Å². The van der Waals surface area contributed by atoms with Crippen molar-refractivity contribution in [1.82, 2.24) is 4.98 Å². The van der Waals surface area contributed by atoms with Crippen molar-refractivity contribution in [1.29, 1.82) is 0 Å². The van der Waals surface area contributed by atoms with Gasteiger partial charge in [0.2, 0.25) is 0 Å². The van der Waals surface area contributed by atoms with Gasteiger partial charge >= 0.3 is 0 Å². The van der Waals surface area contributed by atoms with Gasteiger partial charge in [0.25, 0.3) is 0 Å². The van der Waals surface area contributed by atoms with Gasteiger partial charge in [-0.1, -0.05) is 30.3 Å². The van der Waals surface area contributed by atoms with Gasteiger partial charge in [-0.05, 0) is 53.1 Å². The standard InChI is InChI=1S/C21H16N.Ir/c1-14-7-5-8-15(2)20(14)19-13-16-9-3-4-10-17(16)21-18(19)11-6-12-22-21;/h3-9,11-13H,1-2H3;/q-1;. The molecular weight excluding hydrogens is 458 g/mol. The second-order valence-corrected chi connectivity index (χ2v) is 5.72. The van der Waals surface area contributed by atoms with E-state index in [1.165, 1.54) is 33.0 Å². The smallest absolute Gasteiger partial charge is 0.0161 e. The van der Waals surface area contributed by atoms with Gasteiger partial charge in [0.05, 0.1) is 0 Å². The molecule has 0 unspecified atom stereocenters. The second-order valence-electron chi connectivity index (χ2n) is 5.72. The van der Waals surface area contributed by atoms with Crippen LogP contribution in [0, 0.1) is 19.9 Å². The van der Waals surface area contributed by atoms with Crippen LogP contribution in [-0.4, -0.2) is 4.98 Å². The van der Waals surface area contributed by atoms with Gasteiger partial charge in [-0.25, -0.2) is 0 Å². The van der Waals surface area contributed by atoms with Gasteiger partial charge in [-0.2, -0.15) is 0 Å². The Kier molecular flexibility index (Phi) is 4.30. The molecule has 1 radical (unpaired) electrons. The first kappa shape index (κ1) is 15.9. The predicted molar refractivity (Wildman–Crippen MR) is 93.0 cm³/mol. The van der Waals surface area contributed by atoms with Crippen LogP contribution in [0.3, 0.4) is 0 Å². The molecule has 0 aliphatic rings. The first-order valence-corrected chi connectivity index (χ1v) is 7.50. The van der Waals surface area contributed by atoms with Crippen molar-refractivity contribution in [3.8, 4) is 11.1 Å². The summed E-state index contributed by atoms with van der Waals surface area (Å²) in [6.07, 6.45) is 1.86. The molecule has 0 aliphatic carbocycles. The van der Waals surface area contributed by atoms with Gasteiger partial charge in [-0.3, -0.25) is 0 Å². The third-order valence-corrected chi connectivity index (χ3v) is 4.27. The van der Waals surface area contributed by atoms with Crippen molar-refractivity contribution >= 4 is 21.7 Å². The Morgan fingerprint density at radius 3 is 2.48 bits per heavy atom. The van der Waals surface area contributed by atoms with Gasteiger partial charge < -0.3 is 4.98 Å². The number of aromatic nitrogens is 1. The van der Waals surface area contributed by atoms with Crippen molar-refractivity contribution in [3.05, 3.63) is 78.0 Å². The molecule has 0 spiro atoms. The van der Waals surface area contributed by atoms with Gasteiger partial charge in [-0.15, -0.1) is 35.0 Å². The number of hydrogen-bond donors (Lipinski definition) is 0. The Balaban J connectivity index is 0.00000156. The zero-order valence-electron chi connectivity index (χ0n) is 13.1. The fourth-order valence-corrected chi connectivity index (χ4v) is 3.28. The molecule has 23 heavy (non-hydrogen) atoms. The van der Waals surface area contributed by atoms with E-state index in [2.05, 4.69) is 61.3 Å². The molecule has 0 fully saturated rings. The number of pyridine rings is 1. The molecule has 0 N–H and O–H groups in total. The van der Waals surface area contributed by atoms with Crippen molar-refractivity contribution in [2.45, 2.75) is 13.8 Å². The number of hydrogen-bond acceptors (Lipinski definition) is 1. The predicted octanol–water partition coefficient (Wildman–Crippen LogP) is 5.47.